The molecule has 184 valence electrons. The Bertz CT molecular complexity index is 1450. The van der Waals surface area contributed by atoms with Crippen LogP contribution in [0.25, 0.3) is 21.8 Å². The zero-order valence-corrected chi connectivity index (χ0v) is 20.9. The van der Waals surface area contributed by atoms with E-state index in [9.17, 15) is 4.79 Å². The molecule has 35 heavy (non-hydrogen) atoms. The van der Waals surface area contributed by atoms with Crippen LogP contribution in [0.5, 0.6) is 0 Å². The summed E-state index contributed by atoms with van der Waals surface area (Å²) in [6.07, 6.45) is 9.63. The van der Waals surface area contributed by atoms with Crippen LogP contribution in [0.4, 0.5) is 0 Å². The first-order chi connectivity index (χ1) is 17.1. The van der Waals surface area contributed by atoms with Crippen molar-refractivity contribution in [1.29, 1.82) is 0 Å². The topological polar surface area (TPSA) is 69.5 Å². The third-order valence-corrected chi connectivity index (χ3v) is 9.79. The molecule has 0 saturated carbocycles. The van der Waals surface area contributed by atoms with Gasteiger partial charge >= 0.3 is 0 Å². The number of nitrogens with zero attached hydrogens (tertiary/aromatic N) is 2. The highest BCUT2D eigenvalue weighted by Crippen LogP contribution is 2.54. The smallest absolute Gasteiger partial charge is 0.252 e. The van der Waals surface area contributed by atoms with E-state index in [2.05, 4.69) is 26.7 Å². The average molecular weight is 475 g/mol. The quantitative estimate of drug-likeness (QED) is 0.593. The Morgan fingerprint density at radius 1 is 1.00 bits per heavy atom. The highest BCUT2D eigenvalue weighted by molar-refractivity contribution is 6.21. The summed E-state index contributed by atoms with van der Waals surface area (Å²) in [5, 5.41) is 9.32. The number of hydrogen-bond acceptors (Lipinski definition) is 4. The van der Waals surface area contributed by atoms with Crippen LogP contribution in [-0.2, 0) is 47.4 Å². The molecule has 2 N–H and O–H groups in total. The monoisotopic (exact) mass is 474 g/mol. The lowest BCUT2D eigenvalue weighted by atomic mass is 9.89. The minimum Gasteiger partial charge on any atom is -0.375 e. The van der Waals surface area contributed by atoms with Crippen LogP contribution in [0.15, 0.2) is 0 Å². The summed E-state index contributed by atoms with van der Waals surface area (Å²) in [6.45, 7) is 2.87. The number of nitrogens with one attached hydrogen (secondary N) is 2. The SMILES string of the molecule is CNC1CC2OC(C)(C1OC)n1c3c(c4c5c(c6c7c(n2c6c41)CCCC7)C(=O)NC5)CCCC3. The zero-order valence-electron chi connectivity index (χ0n) is 20.9. The van der Waals surface area contributed by atoms with E-state index in [1.165, 1.54) is 75.6 Å². The molecule has 4 atom stereocenters. The van der Waals surface area contributed by atoms with Gasteiger partial charge in [0.1, 0.15) is 12.3 Å². The fourth-order valence-electron chi connectivity index (χ4n) is 8.53. The number of benzene rings is 1. The Morgan fingerprint density at radius 2 is 1.71 bits per heavy atom. The average Bonchev–Trinajstić information content (AvgIpc) is 3.51. The van der Waals surface area contributed by atoms with Crippen molar-refractivity contribution < 1.29 is 14.3 Å². The second kappa shape index (κ2) is 6.90. The van der Waals surface area contributed by atoms with Crippen LogP contribution < -0.4 is 10.6 Å². The molecule has 1 amide bonds. The van der Waals surface area contributed by atoms with Gasteiger partial charge in [0.05, 0.1) is 16.6 Å². The van der Waals surface area contributed by atoms with Crippen molar-refractivity contribution in [3.63, 3.8) is 0 Å². The molecule has 1 aromatic carbocycles. The summed E-state index contributed by atoms with van der Waals surface area (Å²) in [6, 6.07) is 0.168. The molecule has 0 radical (unpaired) electrons. The van der Waals surface area contributed by atoms with Crippen LogP contribution in [0.3, 0.4) is 0 Å². The van der Waals surface area contributed by atoms with E-state index in [1.807, 2.05) is 14.2 Å². The molecule has 5 heterocycles. The number of likely N-dealkylation sites (N-methyl/N-ethyl adjacent to an activating group) is 1. The van der Waals surface area contributed by atoms with Crippen LogP contribution in [0.1, 0.15) is 83.7 Å². The van der Waals surface area contributed by atoms with Gasteiger partial charge in [-0.15, -0.1) is 0 Å². The number of carbonyl (C=O) groups is 1. The van der Waals surface area contributed by atoms with Crippen LogP contribution in [0, 0.1) is 0 Å². The van der Waals surface area contributed by atoms with Crippen molar-refractivity contribution in [3.05, 3.63) is 33.6 Å². The second-order valence-electron chi connectivity index (χ2n) is 11.4. The molecular weight excluding hydrogens is 440 g/mol. The number of methoxy groups -OCH3 is 1. The third kappa shape index (κ3) is 2.31. The van der Waals surface area contributed by atoms with Gasteiger partial charge in [0, 0.05) is 48.3 Å². The molecule has 0 spiro atoms. The predicted octanol–water partition coefficient (Wildman–Crippen LogP) is 3.81. The first-order valence-electron chi connectivity index (χ1n) is 13.5. The van der Waals surface area contributed by atoms with E-state index < -0.39 is 5.72 Å². The van der Waals surface area contributed by atoms with E-state index in [0.717, 1.165) is 37.7 Å². The Balaban J connectivity index is 1.64. The number of fused-ring (bicyclic) bond motifs is 13. The van der Waals surface area contributed by atoms with E-state index in [-0.39, 0.29) is 24.3 Å². The Labute approximate surface area is 205 Å². The van der Waals surface area contributed by atoms with Crippen LogP contribution >= 0.6 is 0 Å². The van der Waals surface area contributed by atoms with Crippen molar-refractivity contribution in [2.24, 2.45) is 0 Å². The fourth-order valence-corrected chi connectivity index (χ4v) is 8.53. The van der Waals surface area contributed by atoms with E-state index in [0.29, 0.717) is 6.54 Å². The van der Waals surface area contributed by atoms with E-state index in [4.69, 9.17) is 9.47 Å². The number of amides is 1. The van der Waals surface area contributed by atoms with Crippen LogP contribution in [-0.4, -0.2) is 41.3 Å². The molecule has 8 rings (SSSR count). The van der Waals surface area contributed by atoms with Gasteiger partial charge in [-0.1, -0.05) is 0 Å². The van der Waals surface area contributed by atoms with Crippen molar-refractivity contribution in [2.75, 3.05) is 14.2 Å². The maximum absolute atomic E-state index is 13.4. The van der Waals surface area contributed by atoms with Gasteiger partial charge in [-0.2, -0.15) is 0 Å². The highest BCUT2D eigenvalue weighted by Gasteiger charge is 2.54. The van der Waals surface area contributed by atoms with Gasteiger partial charge in [0.25, 0.3) is 5.91 Å². The highest BCUT2D eigenvalue weighted by atomic mass is 16.6. The Morgan fingerprint density at radius 3 is 2.46 bits per heavy atom. The number of ether oxygens (including phenoxy) is 2. The molecule has 7 heteroatoms. The van der Waals surface area contributed by atoms with Gasteiger partial charge in [-0.25, -0.2) is 0 Å². The lowest BCUT2D eigenvalue weighted by Crippen LogP contribution is -2.60. The van der Waals surface area contributed by atoms with Gasteiger partial charge in [0.2, 0.25) is 0 Å². The minimum atomic E-state index is -0.633. The zero-order chi connectivity index (χ0) is 23.6. The van der Waals surface area contributed by atoms with E-state index in [1.54, 1.807) is 0 Å². The molecule has 5 aliphatic rings. The number of carbonyl (C=O) groups excluding carboxylic acids is 1. The number of rotatable bonds is 2. The molecule has 2 bridgehead atoms. The summed E-state index contributed by atoms with van der Waals surface area (Å²) in [7, 11) is 3.87. The molecule has 2 aromatic heterocycles. The number of hydrogen-bond donors (Lipinski definition) is 2. The molecule has 4 unspecified atom stereocenters. The van der Waals surface area contributed by atoms with Crippen molar-refractivity contribution in [3.8, 4) is 0 Å². The van der Waals surface area contributed by atoms with Crippen molar-refractivity contribution >= 4 is 27.7 Å². The third-order valence-electron chi connectivity index (χ3n) is 9.79. The Hall–Kier alpha value is -2.35. The lowest BCUT2D eigenvalue weighted by Gasteiger charge is -2.49. The Kier molecular flexibility index (Phi) is 4.10. The molecule has 1 fully saturated rings. The van der Waals surface area contributed by atoms with Gasteiger partial charge < -0.3 is 29.2 Å². The number of aromatic nitrogens is 2. The summed E-state index contributed by atoms with van der Waals surface area (Å²) in [4.78, 5) is 13.4. The van der Waals surface area contributed by atoms with Gasteiger partial charge in [0.15, 0.2) is 5.72 Å². The summed E-state index contributed by atoms with van der Waals surface area (Å²) < 4.78 is 18.5. The second-order valence-corrected chi connectivity index (χ2v) is 11.4. The largest absolute Gasteiger partial charge is 0.375 e. The normalized spacial score (nSPS) is 30.9. The molecule has 2 aliphatic carbocycles. The maximum atomic E-state index is 13.4. The number of aryl methyl sites for hydroxylation is 2. The lowest BCUT2D eigenvalue weighted by molar-refractivity contribution is -0.259. The molecule has 3 aliphatic heterocycles. The molecule has 3 aromatic rings. The van der Waals surface area contributed by atoms with Crippen molar-refractivity contribution in [2.45, 2.75) is 95.4 Å². The van der Waals surface area contributed by atoms with Gasteiger partial charge in [-0.3, -0.25) is 4.79 Å². The molecule has 1 saturated heterocycles. The van der Waals surface area contributed by atoms with Gasteiger partial charge in [-0.05, 0) is 82.0 Å². The first-order valence-corrected chi connectivity index (χ1v) is 13.5. The standard InChI is InChI=1S/C28H34N4O3/c1-28-26(34-3)17(29-2)12-20(35-28)31-18-10-6-4-8-14(18)22-23-16(13-30-27(23)33)21-15-9-5-7-11-19(15)32(28)25(21)24(22)31/h17,20,26,29H,4-13H2,1-3H3,(H,30,33). The molecular formula is C28H34N4O3. The van der Waals surface area contributed by atoms with Crippen LogP contribution in [0.2, 0.25) is 0 Å². The fraction of sp³-hybridized carbons (Fsp3) is 0.607. The summed E-state index contributed by atoms with van der Waals surface area (Å²) >= 11 is 0. The summed E-state index contributed by atoms with van der Waals surface area (Å²) in [5.41, 5.74) is 9.71. The first kappa shape index (κ1) is 20.8. The maximum Gasteiger partial charge on any atom is 0.252 e. The van der Waals surface area contributed by atoms with E-state index >= 15 is 0 Å². The predicted molar refractivity (Wildman–Crippen MR) is 134 cm³/mol. The van der Waals surface area contributed by atoms with Crippen molar-refractivity contribution in [1.82, 2.24) is 19.8 Å². The summed E-state index contributed by atoms with van der Waals surface area (Å²) in [5.74, 6) is 0.104. The minimum absolute atomic E-state index is 0.0851. The molecule has 7 nitrogen and oxygen atoms in total.